The molecular weight excluding hydrogens is 248 g/mol. The van der Waals surface area contributed by atoms with Crippen molar-refractivity contribution in [2.24, 2.45) is 5.92 Å². The van der Waals surface area contributed by atoms with E-state index in [1.54, 1.807) is 13.2 Å². The minimum absolute atomic E-state index is 0.203. The SMILES string of the molecule is COCCNCC1(c2ccc(F)cc2F)CCC1C. The van der Waals surface area contributed by atoms with E-state index in [4.69, 9.17) is 4.74 Å². The molecule has 1 N–H and O–H groups in total. The van der Waals surface area contributed by atoms with E-state index >= 15 is 0 Å². The van der Waals surface area contributed by atoms with Crippen LogP contribution in [0.4, 0.5) is 8.78 Å². The lowest BCUT2D eigenvalue weighted by Gasteiger charge is -2.49. The lowest BCUT2D eigenvalue weighted by Crippen LogP contribution is -2.51. The number of benzene rings is 1. The standard InChI is InChI=1S/C15H21F2NO/c1-11-5-6-15(11,10-18-7-8-19-2)13-4-3-12(16)9-14(13)17/h3-4,9,11,18H,5-8,10H2,1-2H3. The Morgan fingerprint density at radius 3 is 2.74 bits per heavy atom. The molecule has 0 aromatic heterocycles. The number of nitrogens with one attached hydrogen (secondary N) is 1. The molecule has 2 unspecified atom stereocenters. The summed E-state index contributed by atoms with van der Waals surface area (Å²) in [4.78, 5) is 0. The molecule has 1 aliphatic carbocycles. The van der Waals surface area contributed by atoms with Crippen molar-refractivity contribution >= 4 is 0 Å². The van der Waals surface area contributed by atoms with Crippen LogP contribution < -0.4 is 5.32 Å². The van der Waals surface area contributed by atoms with E-state index in [0.29, 0.717) is 24.6 Å². The molecule has 0 heterocycles. The van der Waals surface area contributed by atoms with Gasteiger partial charge in [0.25, 0.3) is 0 Å². The topological polar surface area (TPSA) is 21.3 Å². The van der Waals surface area contributed by atoms with Gasteiger partial charge in [0.15, 0.2) is 0 Å². The van der Waals surface area contributed by atoms with Gasteiger partial charge in [-0.05, 0) is 30.4 Å². The lowest BCUT2D eigenvalue weighted by molar-refractivity contribution is 0.123. The van der Waals surface area contributed by atoms with Gasteiger partial charge < -0.3 is 10.1 Å². The molecule has 2 rings (SSSR count). The van der Waals surface area contributed by atoms with Gasteiger partial charge in [-0.15, -0.1) is 0 Å². The van der Waals surface area contributed by atoms with Gasteiger partial charge in [0.05, 0.1) is 6.61 Å². The van der Waals surface area contributed by atoms with Crippen LogP contribution in [0.2, 0.25) is 0 Å². The van der Waals surface area contributed by atoms with E-state index in [2.05, 4.69) is 12.2 Å². The maximum absolute atomic E-state index is 14.0. The second kappa shape index (κ2) is 5.97. The zero-order chi connectivity index (χ0) is 13.9. The van der Waals surface area contributed by atoms with E-state index in [9.17, 15) is 8.78 Å². The summed E-state index contributed by atoms with van der Waals surface area (Å²) in [5, 5.41) is 3.31. The van der Waals surface area contributed by atoms with Crippen LogP contribution in [0.15, 0.2) is 18.2 Å². The summed E-state index contributed by atoms with van der Waals surface area (Å²) in [6.07, 6.45) is 2.03. The molecule has 0 spiro atoms. The van der Waals surface area contributed by atoms with Crippen LogP contribution in [0.3, 0.4) is 0 Å². The Balaban J connectivity index is 2.15. The molecule has 106 valence electrons. The Bertz CT molecular complexity index is 438. The zero-order valence-electron chi connectivity index (χ0n) is 11.5. The van der Waals surface area contributed by atoms with Crippen molar-refractivity contribution in [3.63, 3.8) is 0 Å². The van der Waals surface area contributed by atoms with Gasteiger partial charge in [-0.2, -0.15) is 0 Å². The first-order valence-corrected chi connectivity index (χ1v) is 6.75. The third kappa shape index (κ3) is 2.79. The van der Waals surface area contributed by atoms with Gasteiger partial charge in [0, 0.05) is 31.7 Å². The average Bonchev–Trinajstić information content (AvgIpc) is 2.38. The molecular formula is C15H21F2NO. The van der Waals surface area contributed by atoms with Gasteiger partial charge >= 0.3 is 0 Å². The summed E-state index contributed by atoms with van der Waals surface area (Å²) < 4.78 is 32.1. The Labute approximate surface area is 113 Å². The molecule has 1 aliphatic rings. The molecule has 0 aliphatic heterocycles. The highest BCUT2D eigenvalue weighted by Crippen LogP contribution is 2.49. The number of rotatable bonds is 6. The smallest absolute Gasteiger partial charge is 0.129 e. The molecule has 0 amide bonds. The maximum Gasteiger partial charge on any atom is 0.129 e. The Hall–Kier alpha value is -1.00. The monoisotopic (exact) mass is 269 g/mol. The number of halogens is 2. The van der Waals surface area contributed by atoms with Crippen molar-refractivity contribution in [1.82, 2.24) is 5.32 Å². The van der Waals surface area contributed by atoms with Crippen LogP contribution in [0.1, 0.15) is 25.3 Å². The first kappa shape index (κ1) is 14.4. The summed E-state index contributed by atoms with van der Waals surface area (Å²) in [5.41, 5.74) is 0.434. The number of hydrogen-bond acceptors (Lipinski definition) is 2. The number of hydrogen-bond donors (Lipinski definition) is 1. The molecule has 1 fully saturated rings. The van der Waals surface area contributed by atoms with Crippen molar-refractivity contribution in [2.75, 3.05) is 26.8 Å². The van der Waals surface area contributed by atoms with Crippen LogP contribution >= 0.6 is 0 Å². The first-order valence-electron chi connectivity index (χ1n) is 6.75. The highest BCUT2D eigenvalue weighted by molar-refractivity contribution is 5.32. The van der Waals surface area contributed by atoms with Gasteiger partial charge in [0.1, 0.15) is 11.6 Å². The largest absolute Gasteiger partial charge is 0.383 e. The second-order valence-corrected chi connectivity index (χ2v) is 5.39. The summed E-state index contributed by atoms with van der Waals surface area (Å²) in [6.45, 7) is 4.22. The van der Waals surface area contributed by atoms with Gasteiger partial charge in [-0.1, -0.05) is 13.0 Å². The molecule has 2 nitrogen and oxygen atoms in total. The van der Waals surface area contributed by atoms with Crippen LogP contribution in [0, 0.1) is 17.6 Å². The molecule has 0 radical (unpaired) electrons. The van der Waals surface area contributed by atoms with Crippen LogP contribution in [0.25, 0.3) is 0 Å². The highest BCUT2D eigenvalue weighted by atomic mass is 19.1. The van der Waals surface area contributed by atoms with E-state index in [0.717, 1.165) is 25.5 Å². The molecule has 1 saturated carbocycles. The molecule has 1 aromatic carbocycles. The van der Waals surface area contributed by atoms with Crippen LogP contribution in [0.5, 0.6) is 0 Å². The Kier molecular flexibility index (Phi) is 4.53. The molecule has 0 bridgehead atoms. The fourth-order valence-corrected chi connectivity index (χ4v) is 2.92. The second-order valence-electron chi connectivity index (χ2n) is 5.39. The fraction of sp³-hybridized carbons (Fsp3) is 0.600. The third-order valence-corrected chi connectivity index (χ3v) is 4.36. The van der Waals surface area contributed by atoms with Crippen LogP contribution in [-0.2, 0) is 10.2 Å². The van der Waals surface area contributed by atoms with Crippen molar-refractivity contribution in [2.45, 2.75) is 25.2 Å². The summed E-state index contributed by atoms with van der Waals surface area (Å²) in [5.74, 6) is -0.543. The van der Waals surface area contributed by atoms with Gasteiger partial charge in [-0.25, -0.2) is 8.78 Å². The van der Waals surface area contributed by atoms with Crippen molar-refractivity contribution < 1.29 is 13.5 Å². The zero-order valence-corrected chi connectivity index (χ0v) is 11.5. The van der Waals surface area contributed by atoms with Crippen molar-refractivity contribution in [3.8, 4) is 0 Å². The van der Waals surface area contributed by atoms with E-state index in [1.807, 2.05) is 0 Å². The quantitative estimate of drug-likeness (QED) is 0.802. The van der Waals surface area contributed by atoms with Gasteiger partial charge in [-0.3, -0.25) is 0 Å². The summed E-state index contributed by atoms with van der Waals surface area (Å²) in [6, 6.07) is 3.93. The van der Waals surface area contributed by atoms with E-state index in [-0.39, 0.29) is 5.41 Å². The predicted molar refractivity (Wildman–Crippen MR) is 71.2 cm³/mol. The Morgan fingerprint density at radius 2 is 2.21 bits per heavy atom. The third-order valence-electron chi connectivity index (χ3n) is 4.36. The van der Waals surface area contributed by atoms with Crippen molar-refractivity contribution in [3.05, 3.63) is 35.4 Å². The van der Waals surface area contributed by atoms with E-state index < -0.39 is 11.6 Å². The maximum atomic E-state index is 14.0. The summed E-state index contributed by atoms with van der Waals surface area (Å²) in [7, 11) is 1.66. The number of methoxy groups -OCH3 is 1. The number of ether oxygens (including phenoxy) is 1. The fourth-order valence-electron chi connectivity index (χ4n) is 2.92. The molecule has 19 heavy (non-hydrogen) atoms. The van der Waals surface area contributed by atoms with Crippen molar-refractivity contribution in [1.29, 1.82) is 0 Å². The lowest BCUT2D eigenvalue weighted by atomic mass is 9.57. The molecule has 1 aromatic rings. The molecule has 2 atom stereocenters. The first-order chi connectivity index (χ1) is 9.10. The minimum atomic E-state index is -0.518. The van der Waals surface area contributed by atoms with E-state index in [1.165, 1.54) is 6.07 Å². The average molecular weight is 269 g/mol. The summed E-state index contributed by atoms with van der Waals surface area (Å²) >= 11 is 0. The molecule has 0 saturated heterocycles. The molecule has 4 heteroatoms. The van der Waals surface area contributed by atoms with Gasteiger partial charge in [0.2, 0.25) is 0 Å². The normalized spacial score (nSPS) is 26.2. The Morgan fingerprint density at radius 1 is 1.42 bits per heavy atom. The van der Waals surface area contributed by atoms with Crippen LogP contribution in [-0.4, -0.2) is 26.8 Å². The minimum Gasteiger partial charge on any atom is -0.383 e. The predicted octanol–water partition coefficient (Wildman–Crippen LogP) is 2.87. The highest BCUT2D eigenvalue weighted by Gasteiger charge is 2.46.